The second-order valence-electron chi connectivity index (χ2n) is 8.88. The van der Waals surface area contributed by atoms with Gasteiger partial charge in [0.15, 0.2) is 0 Å². The zero-order valence-corrected chi connectivity index (χ0v) is 20.8. The van der Waals surface area contributed by atoms with Crippen molar-refractivity contribution in [1.82, 2.24) is 0 Å². The summed E-state index contributed by atoms with van der Waals surface area (Å²) in [5.41, 5.74) is 4.35. The molecule has 0 radical (unpaired) electrons. The van der Waals surface area contributed by atoms with Gasteiger partial charge in [-0.2, -0.15) is 0 Å². The number of halogens is 1. The number of aliphatic hydroxyl groups is 2. The lowest BCUT2D eigenvalue weighted by Crippen LogP contribution is -2.20. The first-order valence-electron chi connectivity index (χ1n) is 12.0. The number of carbonyl (C=O) groups is 1. The normalized spacial score (nSPS) is 13.2. The Morgan fingerprint density at radius 1 is 1.14 bits per heavy atom. The largest absolute Gasteiger partial charge is 0.489 e. The number of hydrogen-bond acceptors (Lipinski definition) is 6. The number of carbonyl (C=O) groups excluding carboxylic acids is 1. The number of hydrogen-bond donors (Lipinski definition) is 2. The monoisotopic (exact) mass is 496 g/mol. The van der Waals surface area contributed by atoms with E-state index in [1.54, 1.807) is 43.7 Å². The second kappa shape index (κ2) is 13.0. The molecule has 2 aromatic carbocycles. The van der Waals surface area contributed by atoms with Crippen LogP contribution in [-0.4, -0.2) is 35.0 Å². The van der Waals surface area contributed by atoms with Crippen LogP contribution in [0.5, 0.6) is 5.75 Å². The third-order valence-electron chi connectivity index (χ3n) is 5.65. The van der Waals surface area contributed by atoms with E-state index in [1.807, 2.05) is 18.2 Å². The van der Waals surface area contributed by atoms with E-state index in [2.05, 4.69) is 13.8 Å². The molecule has 0 bridgehead atoms. The molecule has 0 fully saturated rings. The first-order chi connectivity index (χ1) is 17.3. The van der Waals surface area contributed by atoms with E-state index in [4.69, 9.17) is 13.9 Å². The topological polar surface area (TPSA) is 89.1 Å². The van der Waals surface area contributed by atoms with Crippen molar-refractivity contribution >= 4 is 12.0 Å². The van der Waals surface area contributed by atoms with E-state index in [9.17, 15) is 19.4 Å². The van der Waals surface area contributed by atoms with Crippen molar-refractivity contribution < 1.29 is 33.3 Å². The molecule has 1 heterocycles. The minimum atomic E-state index is -1.02. The summed E-state index contributed by atoms with van der Waals surface area (Å²) in [6.07, 6.45) is 4.41. The van der Waals surface area contributed by atoms with Crippen LogP contribution in [0.3, 0.4) is 0 Å². The van der Waals surface area contributed by atoms with Gasteiger partial charge in [-0.25, -0.2) is 4.39 Å². The van der Waals surface area contributed by atoms with E-state index < -0.39 is 18.2 Å². The molecule has 0 spiro atoms. The molecule has 1 aromatic heterocycles. The lowest BCUT2D eigenvalue weighted by molar-refractivity contribution is -0.145. The van der Waals surface area contributed by atoms with E-state index >= 15 is 0 Å². The van der Waals surface area contributed by atoms with Gasteiger partial charge in [-0.15, -0.1) is 0 Å². The van der Waals surface area contributed by atoms with Gasteiger partial charge in [0.25, 0.3) is 0 Å². The molecule has 0 saturated heterocycles. The minimum absolute atomic E-state index is 0.00982. The molecule has 7 heteroatoms. The summed E-state index contributed by atoms with van der Waals surface area (Å²) in [7, 11) is 0. The fraction of sp³-hybridized carbons (Fsp3) is 0.345. The molecule has 3 rings (SSSR count). The Morgan fingerprint density at radius 3 is 2.53 bits per heavy atom. The highest BCUT2D eigenvalue weighted by atomic mass is 19.1. The zero-order chi connectivity index (χ0) is 26.1. The maximum atomic E-state index is 13.6. The third kappa shape index (κ3) is 7.80. The van der Waals surface area contributed by atoms with Crippen LogP contribution in [0.25, 0.3) is 17.2 Å². The van der Waals surface area contributed by atoms with Crippen molar-refractivity contribution in [1.29, 1.82) is 0 Å². The van der Waals surface area contributed by atoms with E-state index in [0.29, 0.717) is 12.4 Å². The summed E-state index contributed by atoms with van der Waals surface area (Å²) in [5.74, 6) is -0.0687. The molecule has 6 nitrogen and oxygen atoms in total. The van der Waals surface area contributed by atoms with Crippen LogP contribution in [0.1, 0.15) is 56.2 Å². The second-order valence-corrected chi connectivity index (χ2v) is 8.88. The van der Waals surface area contributed by atoms with Crippen molar-refractivity contribution in [3.63, 3.8) is 0 Å². The summed E-state index contributed by atoms with van der Waals surface area (Å²) in [6.45, 7) is 6.38. The molecular formula is C29H33FO6. The van der Waals surface area contributed by atoms with Crippen LogP contribution < -0.4 is 4.74 Å². The Morgan fingerprint density at radius 2 is 1.89 bits per heavy atom. The smallest absolute Gasteiger partial charge is 0.308 e. The quantitative estimate of drug-likeness (QED) is 0.305. The molecule has 2 unspecified atom stereocenters. The van der Waals surface area contributed by atoms with Crippen LogP contribution >= 0.6 is 0 Å². The van der Waals surface area contributed by atoms with Gasteiger partial charge < -0.3 is 24.1 Å². The van der Waals surface area contributed by atoms with Crippen LogP contribution in [0.2, 0.25) is 0 Å². The predicted octanol–water partition coefficient (Wildman–Crippen LogP) is 5.87. The average Bonchev–Trinajstić information content (AvgIpc) is 3.35. The fourth-order valence-corrected chi connectivity index (χ4v) is 3.87. The number of furan rings is 1. The molecular weight excluding hydrogens is 463 g/mol. The highest BCUT2D eigenvalue weighted by Gasteiger charge is 2.17. The highest BCUT2D eigenvalue weighted by Crippen LogP contribution is 2.36. The Kier molecular flexibility index (Phi) is 9.85. The molecule has 36 heavy (non-hydrogen) atoms. The molecule has 0 amide bonds. The first kappa shape index (κ1) is 27.2. The number of rotatable bonds is 12. The number of ether oxygens (including phenoxy) is 2. The molecule has 192 valence electrons. The van der Waals surface area contributed by atoms with Crippen LogP contribution in [0.4, 0.5) is 4.39 Å². The maximum Gasteiger partial charge on any atom is 0.308 e. The lowest BCUT2D eigenvalue weighted by atomic mass is 9.89. The summed E-state index contributed by atoms with van der Waals surface area (Å²) in [5, 5.41) is 20.6. The van der Waals surface area contributed by atoms with E-state index in [0.717, 1.165) is 27.8 Å². The Bertz CT molecular complexity index is 1140. The predicted molar refractivity (Wildman–Crippen MR) is 136 cm³/mol. The van der Waals surface area contributed by atoms with E-state index in [-0.39, 0.29) is 31.2 Å². The van der Waals surface area contributed by atoms with Crippen LogP contribution in [0.15, 0.2) is 65.5 Å². The Labute approximate surface area is 211 Å². The molecule has 0 aliphatic carbocycles. The van der Waals surface area contributed by atoms with Gasteiger partial charge in [-0.1, -0.05) is 38.1 Å². The maximum absolute atomic E-state index is 13.6. The van der Waals surface area contributed by atoms with Crippen LogP contribution in [-0.2, 0) is 16.1 Å². The number of esters is 1. The molecule has 3 aromatic rings. The van der Waals surface area contributed by atoms with Crippen LogP contribution in [0, 0.1) is 5.82 Å². The zero-order valence-electron chi connectivity index (χ0n) is 20.8. The molecule has 2 N–H and O–H groups in total. The fourth-order valence-electron chi connectivity index (χ4n) is 3.87. The van der Waals surface area contributed by atoms with Gasteiger partial charge in [-0.05, 0) is 65.4 Å². The van der Waals surface area contributed by atoms with E-state index in [1.165, 1.54) is 12.1 Å². The molecule has 0 saturated carbocycles. The lowest BCUT2D eigenvalue weighted by Gasteiger charge is -2.19. The third-order valence-corrected chi connectivity index (χ3v) is 5.65. The van der Waals surface area contributed by atoms with Crippen molar-refractivity contribution in [3.05, 3.63) is 83.6 Å². The highest BCUT2D eigenvalue weighted by molar-refractivity contribution is 5.79. The van der Waals surface area contributed by atoms with Crippen molar-refractivity contribution in [2.75, 3.05) is 6.61 Å². The van der Waals surface area contributed by atoms with Gasteiger partial charge in [0, 0.05) is 12.0 Å². The van der Waals surface area contributed by atoms with Crippen molar-refractivity contribution in [2.24, 2.45) is 0 Å². The average molecular weight is 497 g/mol. The van der Waals surface area contributed by atoms with Crippen molar-refractivity contribution in [3.8, 4) is 16.9 Å². The summed E-state index contributed by atoms with van der Waals surface area (Å²) in [6, 6.07) is 11.9. The van der Waals surface area contributed by atoms with Crippen molar-refractivity contribution in [2.45, 2.75) is 58.3 Å². The Hall–Kier alpha value is -3.42. The summed E-state index contributed by atoms with van der Waals surface area (Å²) >= 11 is 0. The van der Waals surface area contributed by atoms with Gasteiger partial charge in [0.1, 0.15) is 18.2 Å². The summed E-state index contributed by atoms with van der Waals surface area (Å²) < 4.78 is 29.6. The first-order valence-corrected chi connectivity index (χ1v) is 12.0. The van der Waals surface area contributed by atoms with Gasteiger partial charge in [-0.3, -0.25) is 4.79 Å². The number of benzene rings is 2. The molecule has 0 aliphatic rings. The Balaban J connectivity index is 1.91. The van der Waals surface area contributed by atoms with Gasteiger partial charge >= 0.3 is 5.97 Å². The summed E-state index contributed by atoms with van der Waals surface area (Å²) in [4.78, 5) is 11.6. The minimum Gasteiger partial charge on any atom is -0.489 e. The number of aliphatic hydroxyl groups excluding tert-OH is 2. The van der Waals surface area contributed by atoms with Gasteiger partial charge in [0.2, 0.25) is 0 Å². The molecule has 0 aliphatic heterocycles. The molecule has 2 atom stereocenters. The SMILES string of the molecule is CCOC(=O)CC(O)CC(O)/C=C/c1c(-c2ccc(F)cc2)cc(OCc2ccoc2)cc1C(C)C. The standard InChI is InChI=1S/C29H33FO6/c1-4-35-29(33)14-24(32)13-23(31)9-10-26-27(19(2)3)15-25(36-18-20-11-12-34-17-20)16-28(26)21-5-7-22(30)8-6-21/h5-12,15-17,19,23-24,31-32H,4,13-14,18H2,1-3H3/b10-9+. The van der Waals surface area contributed by atoms with Gasteiger partial charge in [0.05, 0.1) is 37.8 Å².